The lowest BCUT2D eigenvalue weighted by Crippen LogP contribution is -2.54. The standard InChI is InChI=1S/C14H24/c1-4-14(3)11-5-10-6-12(14)9-13(2,7-10)8-11/h10-12H,4-9H2,1-3H3. The van der Waals surface area contributed by atoms with Gasteiger partial charge in [-0.2, -0.15) is 0 Å². The van der Waals surface area contributed by atoms with Crippen LogP contribution in [0.15, 0.2) is 0 Å². The summed E-state index contributed by atoms with van der Waals surface area (Å²) in [6.45, 7) is 7.57. The Labute approximate surface area is 88.5 Å². The predicted molar refractivity (Wildman–Crippen MR) is 60.1 cm³/mol. The second-order valence-corrected chi connectivity index (χ2v) is 7.01. The van der Waals surface area contributed by atoms with Crippen molar-refractivity contribution in [3.63, 3.8) is 0 Å². The highest BCUT2D eigenvalue weighted by molar-refractivity contribution is 5.07. The highest BCUT2D eigenvalue weighted by Crippen LogP contribution is 2.67. The lowest BCUT2D eigenvalue weighted by atomic mass is 9.41. The van der Waals surface area contributed by atoms with E-state index in [0.29, 0.717) is 0 Å². The molecule has 0 amide bonds. The molecule has 4 rings (SSSR count). The summed E-state index contributed by atoms with van der Waals surface area (Å²) < 4.78 is 0. The Morgan fingerprint density at radius 2 is 1.57 bits per heavy atom. The molecule has 4 saturated carbocycles. The molecule has 0 nitrogen and oxygen atoms in total. The molecule has 2 atom stereocenters. The van der Waals surface area contributed by atoms with Crippen molar-refractivity contribution in [1.29, 1.82) is 0 Å². The van der Waals surface area contributed by atoms with E-state index in [4.69, 9.17) is 0 Å². The quantitative estimate of drug-likeness (QED) is 0.582. The number of hydrogen-bond donors (Lipinski definition) is 0. The first kappa shape index (κ1) is 9.24. The SMILES string of the molecule is CCC1(C)C2CC3CC1CC(C)(C3)C2. The van der Waals surface area contributed by atoms with Crippen LogP contribution in [-0.2, 0) is 0 Å². The fraction of sp³-hybridized carbons (Fsp3) is 1.00. The molecule has 0 heterocycles. The van der Waals surface area contributed by atoms with Gasteiger partial charge in [-0.25, -0.2) is 0 Å². The van der Waals surface area contributed by atoms with Crippen LogP contribution < -0.4 is 0 Å². The first-order valence-electron chi connectivity index (χ1n) is 6.56. The Morgan fingerprint density at radius 1 is 1.00 bits per heavy atom. The maximum atomic E-state index is 2.59. The van der Waals surface area contributed by atoms with Crippen molar-refractivity contribution in [2.75, 3.05) is 0 Å². The smallest absolute Gasteiger partial charge is 0.0271 e. The molecule has 14 heavy (non-hydrogen) atoms. The lowest BCUT2D eigenvalue weighted by Gasteiger charge is -2.64. The van der Waals surface area contributed by atoms with Crippen LogP contribution in [0.2, 0.25) is 0 Å². The topological polar surface area (TPSA) is 0 Å². The molecule has 0 aliphatic heterocycles. The van der Waals surface area contributed by atoms with E-state index in [9.17, 15) is 0 Å². The Morgan fingerprint density at radius 3 is 2.00 bits per heavy atom. The van der Waals surface area contributed by atoms with Gasteiger partial charge < -0.3 is 0 Å². The molecule has 4 aliphatic carbocycles. The summed E-state index contributed by atoms with van der Waals surface area (Å²) in [5, 5.41) is 0. The summed E-state index contributed by atoms with van der Waals surface area (Å²) in [5.41, 5.74) is 1.47. The van der Waals surface area contributed by atoms with E-state index in [0.717, 1.165) is 28.6 Å². The van der Waals surface area contributed by atoms with Crippen molar-refractivity contribution in [1.82, 2.24) is 0 Å². The summed E-state index contributed by atoms with van der Waals surface area (Å²) in [6.07, 6.45) is 9.20. The maximum Gasteiger partial charge on any atom is -0.0271 e. The minimum absolute atomic E-state index is 0.719. The van der Waals surface area contributed by atoms with Crippen LogP contribution in [0.5, 0.6) is 0 Å². The van der Waals surface area contributed by atoms with Crippen LogP contribution in [0, 0.1) is 28.6 Å². The maximum absolute atomic E-state index is 2.59. The number of rotatable bonds is 1. The van der Waals surface area contributed by atoms with E-state index in [1.807, 2.05) is 0 Å². The highest BCUT2D eigenvalue weighted by Gasteiger charge is 2.57. The minimum Gasteiger partial charge on any atom is -0.0648 e. The van der Waals surface area contributed by atoms with Crippen molar-refractivity contribution in [2.24, 2.45) is 28.6 Å². The summed E-state index contributed by atoms with van der Waals surface area (Å²) in [7, 11) is 0. The molecule has 0 spiro atoms. The Balaban J connectivity index is 1.96. The molecule has 80 valence electrons. The van der Waals surface area contributed by atoms with Crippen LogP contribution in [0.1, 0.15) is 59.3 Å². The molecular weight excluding hydrogens is 168 g/mol. The van der Waals surface area contributed by atoms with Gasteiger partial charge in [0.1, 0.15) is 0 Å². The third-order valence-corrected chi connectivity index (χ3v) is 6.12. The largest absolute Gasteiger partial charge is 0.0648 e. The van der Waals surface area contributed by atoms with E-state index in [-0.39, 0.29) is 0 Å². The summed E-state index contributed by atoms with van der Waals surface area (Å²) in [4.78, 5) is 0. The van der Waals surface area contributed by atoms with Gasteiger partial charge in [-0.3, -0.25) is 0 Å². The molecule has 0 radical (unpaired) electrons. The van der Waals surface area contributed by atoms with Crippen LogP contribution >= 0.6 is 0 Å². The zero-order valence-corrected chi connectivity index (χ0v) is 9.97. The van der Waals surface area contributed by atoms with Crippen molar-refractivity contribution in [3.05, 3.63) is 0 Å². The fourth-order valence-corrected chi connectivity index (χ4v) is 5.29. The average Bonchev–Trinajstić information content (AvgIpc) is 2.11. The van der Waals surface area contributed by atoms with Gasteiger partial charge in [0.05, 0.1) is 0 Å². The van der Waals surface area contributed by atoms with Crippen molar-refractivity contribution >= 4 is 0 Å². The summed E-state index contributed by atoms with van der Waals surface area (Å²) in [6, 6.07) is 0. The van der Waals surface area contributed by atoms with E-state index in [1.165, 1.54) is 6.42 Å². The van der Waals surface area contributed by atoms with E-state index in [2.05, 4.69) is 20.8 Å². The molecule has 4 fully saturated rings. The fourth-order valence-electron chi connectivity index (χ4n) is 5.29. The highest BCUT2D eigenvalue weighted by atomic mass is 14.6. The predicted octanol–water partition coefficient (Wildman–Crippen LogP) is 4.25. The van der Waals surface area contributed by atoms with Gasteiger partial charge in [0, 0.05) is 0 Å². The van der Waals surface area contributed by atoms with Gasteiger partial charge in [0.2, 0.25) is 0 Å². The van der Waals surface area contributed by atoms with Gasteiger partial charge in [-0.05, 0) is 60.7 Å². The van der Waals surface area contributed by atoms with E-state index in [1.54, 1.807) is 32.1 Å². The second kappa shape index (κ2) is 2.57. The third kappa shape index (κ3) is 1.01. The van der Waals surface area contributed by atoms with Crippen LogP contribution in [0.3, 0.4) is 0 Å². The summed E-state index contributed by atoms with van der Waals surface area (Å²) in [5.74, 6) is 3.25. The molecule has 0 aromatic carbocycles. The third-order valence-electron chi connectivity index (χ3n) is 6.12. The van der Waals surface area contributed by atoms with Crippen molar-refractivity contribution in [2.45, 2.75) is 59.3 Å². The van der Waals surface area contributed by atoms with Crippen LogP contribution in [-0.4, -0.2) is 0 Å². The molecule has 0 N–H and O–H groups in total. The van der Waals surface area contributed by atoms with Gasteiger partial charge in [-0.1, -0.05) is 27.2 Å². The zero-order chi connectivity index (χ0) is 9.97. The zero-order valence-electron chi connectivity index (χ0n) is 9.97. The van der Waals surface area contributed by atoms with Gasteiger partial charge in [0.15, 0.2) is 0 Å². The Kier molecular flexibility index (Phi) is 1.70. The molecule has 0 saturated heterocycles. The van der Waals surface area contributed by atoms with Gasteiger partial charge >= 0.3 is 0 Å². The molecule has 4 bridgehead atoms. The van der Waals surface area contributed by atoms with Crippen molar-refractivity contribution < 1.29 is 0 Å². The second-order valence-electron chi connectivity index (χ2n) is 7.01. The monoisotopic (exact) mass is 192 g/mol. The minimum atomic E-state index is 0.719. The lowest BCUT2D eigenvalue weighted by molar-refractivity contribution is -0.138. The van der Waals surface area contributed by atoms with E-state index < -0.39 is 0 Å². The van der Waals surface area contributed by atoms with Crippen LogP contribution in [0.25, 0.3) is 0 Å². The van der Waals surface area contributed by atoms with Gasteiger partial charge in [-0.15, -0.1) is 0 Å². The Hall–Kier alpha value is 0. The molecule has 0 aromatic rings. The van der Waals surface area contributed by atoms with Crippen LogP contribution in [0.4, 0.5) is 0 Å². The molecule has 0 aromatic heterocycles. The van der Waals surface area contributed by atoms with Gasteiger partial charge in [0.25, 0.3) is 0 Å². The molecule has 0 heteroatoms. The molecule has 4 aliphatic rings. The average molecular weight is 192 g/mol. The first-order chi connectivity index (χ1) is 6.56. The molecular formula is C14H24. The van der Waals surface area contributed by atoms with Crippen molar-refractivity contribution in [3.8, 4) is 0 Å². The van der Waals surface area contributed by atoms with E-state index >= 15 is 0 Å². The Bertz CT molecular complexity index is 237. The first-order valence-corrected chi connectivity index (χ1v) is 6.56. The number of hydrogen-bond acceptors (Lipinski definition) is 0. The normalized spacial score (nSPS) is 60.6. The molecule has 2 unspecified atom stereocenters. The summed E-state index contributed by atoms with van der Waals surface area (Å²) >= 11 is 0.